The number of carbonyl (C=O) groups is 2. The second-order valence-corrected chi connectivity index (χ2v) is 9.16. The van der Waals surface area contributed by atoms with Gasteiger partial charge in [-0.15, -0.1) is 0 Å². The van der Waals surface area contributed by atoms with E-state index in [1.54, 1.807) is 9.80 Å². The number of rotatable bonds is 6. The molecule has 1 saturated heterocycles. The van der Waals surface area contributed by atoms with Gasteiger partial charge >= 0.3 is 13.6 Å². The van der Waals surface area contributed by atoms with Crippen LogP contribution in [0.2, 0.25) is 0 Å². The van der Waals surface area contributed by atoms with Crippen molar-refractivity contribution in [2.75, 3.05) is 58.6 Å². The Morgan fingerprint density at radius 3 is 1.64 bits per heavy atom. The van der Waals surface area contributed by atoms with Gasteiger partial charge < -0.3 is 14.9 Å². The lowest BCUT2D eigenvalue weighted by atomic mass is 9.90. The highest BCUT2D eigenvalue weighted by Gasteiger charge is 2.26. The van der Waals surface area contributed by atoms with E-state index in [0.29, 0.717) is 39.3 Å². The van der Waals surface area contributed by atoms with Crippen LogP contribution in [0.5, 0.6) is 0 Å². The molecule has 1 aliphatic heterocycles. The largest absolute Gasteiger partial charge is 0.480 e. The van der Waals surface area contributed by atoms with Gasteiger partial charge in [0.15, 0.2) is 5.78 Å². The first-order chi connectivity index (χ1) is 11.4. The number of hydrogen-bond donors (Lipinski definition) is 3. The summed E-state index contributed by atoms with van der Waals surface area (Å²) in [7, 11) is -4.20. The first-order valence-electron chi connectivity index (χ1n) is 8.33. The van der Waals surface area contributed by atoms with Crippen molar-refractivity contribution in [3.05, 3.63) is 0 Å². The third kappa shape index (κ3) is 9.44. The number of carboxylic acid groups (broad SMARTS) is 1. The third-order valence-electron chi connectivity index (χ3n) is 4.14. The molecule has 25 heavy (non-hydrogen) atoms. The van der Waals surface area contributed by atoms with E-state index < -0.39 is 19.0 Å². The molecular weight excluding hydrogens is 349 g/mol. The number of carboxylic acids is 1. The van der Waals surface area contributed by atoms with Gasteiger partial charge in [-0.05, 0) is 0 Å². The molecule has 0 atom stereocenters. The molecule has 10 heteroatoms. The fourth-order valence-electron chi connectivity index (χ4n) is 2.53. The summed E-state index contributed by atoms with van der Waals surface area (Å²) in [6.45, 7) is 8.40. The molecular formula is C15H30N3O6P. The molecule has 0 amide bonds. The molecule has 0 saturated carbocycles. The average Bonchev–Trinajstić information content (AvgIpc) is 2.50. The van der Waals surface area contributed by atoms with Gasteiger partial charge in [-0.25, -0.2) is 0 Å². The van der Waals surface area contributed by atoms with Crippen molar-refractivity contribution in [1.29, 1.82) is 0 Å². The van der Waals surface area contributed by atoms with Crippen LogP contribution in [0.4, 0.5) is 0 Å². The van der Waals surface area contributed by atoms with E-state index in [0.717, 1.165) is 0 Å². The summed E-state index contributed by atoms with van der Waals surface area (Å²) in [6, 6.07) is 0. The highest BCUT2D eigenvalue weighted by Crippen LogP contribution is 2.34. The zero-order valence-electron chi connectivity index (χ0n) is 15.2. The van der Waals surface area contributed by atoms with Gasteiger partial charge in [-0.3, -0.25) is 28.9 Å². The second kappa shape index (κ2) is 9.21. The van der Waals surface area contributed by atoms with E-state index in [-0.39, 0.29) is 25.2 Å². The molecule has 0 radical (unpaired) electrons. The van der Waals surface area contributed by atoms with Crippen molar-refractivity contribution < 1.29 is 29.0 Å². The lowest BCUT2D eigenvalue weighted by Gasteiger charge is -2.27. The first kappa shape index (κ1) is 22.2. The van der Waals surface area contributed by atoms with Crippen molar-refractivity contribution >= 4 is 19.3 Å². The van der Waals surface area contributed by atoms with Gasteiger partial charge in [-0.1, -0.05) is 20.8 Å². The van der Waals surface area contributed by atoms with Crippen LogP contribution in [0.15, 0.2) is 0 Å². The van der Waals surface area contributed by atoms with E-state index in [2.05, 4.69) is 0 Å². The first-order valence-corrected chi connectivity index (χ1v) is 10.1. The number of hydrogen-bond acceptors (Lipinski definition) is 6. The quantitative estimate of drug-likeness (QED) is 0.536. The number of carbonyl (C=O) groups excluding carboxylic acids is 1. The van der Waals surface area contributed by atoms with Crippen LogP contribution in [0, 0.1) is 5.41 Å². The zero-order valence-corrected chi connectivity index (χ0v) is 16.1. The highest BCUT2D eigenvalue weighted by molar-refractivity contribution is 7.51. The summed E-state index contributed by atoms with van der Waals surface area (Å²) in [5, 5.41) is 9.02. The van der Waals surface area contributed by atoms with Crippen LogP contribution < -0.4 is 0 Å². The molecule has 0 aliphatic carbocycles. The Morgan fingerprint density at radius 2 is 1.28 bits per heavy atom. The van der Waals surface area contributed by atoms with Gasteiger partial charge in [0.25, 0.3) is 0 Å². The molecule has 0 aromatic heterocycles. The maximum atomic E-state index is 12.3. The van der Waals surface area contributed by atoms with E-state index in [1.807, 2.05) is 25.7 Å². The summed E-state index contributed by atoms with van der Waals surface area (Å²) < 4.78 is 11.3. The minimum atomic E-state index is -4.20. The molecule has 1 aliphatic rings. The molecule has 1 fully saturated rings. The van der Waals surface area contributed by atoms with Crippen molar-refractivity contribution in [3.63, 3.8) is 0 Å². The van der Waals surface area contributed by atoms with Crippen molar-refractivity contribution in [2.24, 2.45) is 5.41 Å². The van der Waals surface area contributed by atoms with Crippen molar-refractivity contribution in [2.45, 2.75) is 20.8 Å². The Balaban J connectivity index is 2.82. The summed E-state index contributed by atoms with van der Waals surface area (Å²) in [5.41, 5.74) is -0.467. The van der Waals surface area contributed by atoms with E-state index in [4.69, 9.17) is 5.11 Å². The van der Waals surface area contributed by atoms with E-state index in [1.165, 1.54) is 0 Å². The molecule has 9 nitrogen and oxygen atoms in total. The SMILES string of the molecule is CC(C)(C)C(=O)CN1CCN(CC(=O)O)CCN(CP(=O)(O)O)CC1. The average molecular weight is 379 g/mol. The second-order valence-electron chi connectivity index (χ2n) is 7.54. The van der Waals surface area contributed by atoms with E-state index >= 15 is 0 Å². The van der Waals surface area contributed by atoms with Crippen LogP contribution in [-0.4, -0.2) is 100.0 Å². The van der Waals surface area contributed by atoms with Gasteiger partial charge in [0.2, 0.25) is 0 Å². The van der Waals surface area contributed by atoms with Gasteiger partial charge in [-0.2, -0.15) is 0 Å². The molecule has 0 aromatic rings. The lowest BCUT2D eigenvalue weighted by molar-refractivity contribution is -0.138. The summed E-state index contributed by atoms with van der Waals surface area (Å²) in [5.74, 6) is -0.865. The van der Waals surface area contributed by atoms with Crippen molar-refractivity contribution in [1.82, 2.24) is 14.7 Å². The number of nitrogens with zero attached hydrogens (tertiary/aromatic N) is 3. The van der Waals surface area contributed by atoms with Crippen molar-refractivity contribution in [3.8, 4) is 0 Å². The molecule has 1 heterocycles. The molecule has 0 bridgehead atoms. The topological polar surface area (TPSA) is 122 Å². The predicted molar refractivity (Wildman–Crippen MR) is 93.5 cm³/mol. The van der Waals surface area contributed by atoms with Crippen LogP contribution in [0.25, 0.3) is 0 Å². The van der Waals surface area contributed by atoms with Gasteiger partial charge in [0, 0.05) is 44.7 Å². The smallest absolute Gasteiger partial charge is 0.339 e. The Bertz CT molecular complexity index is 516. The Hall–Kier alpha value is -0.830. The number of ketones is 1. The fourth-order valence-corrected chi connectivity index (χ4v) is 3.34. The molecule has 0 unspecified atom stereocenters. The van der Waals surface area contributed by atoms with Gasteiger partial charge in [0.1, 0.15) is 6.29 Å². The maximum Gasteiger partial charge on any atom is 0.339 e. The predicted octanol–water partition coefficient (Wildman–Crippen LogP) is -0.259. The Labute approximate surface area is 148 Å². The minimum Gasteiger partial charge on any atom is -0.480 e. The fraction of sp³-hybridized carbons (Fsp3) is 0.867. The molecule has 0 spiro atoms. The highest BCUT2D eigenvalue weighted by atomic mass is 31.2. The summed E-state index contributed by atoms with van der Waals surface area (Å²) in [6.07, 6.45) is -0.366. The van der Waals surface area contributed by atoms with Gasteiger partial charge in [0.05, 0.1) is 13.1 Å². The standard InChI is InChI=1S/C15H30N3O6P/c1-15(2,3)13(19)10-16-4-5-17(11-14(20)21)7-9-18(8-6-16)12-25(22,23)24/h4-12H2,1-3H3,(H,20,21)(H2,22,23,24). The molecule has 3 N–H and O–H groups in total. The normalized spacial score (nSPS) is 19.9. The maximum absolute atomic E-state index is 12.3. The zero-order chi connectivity index (χ0) is 19.3. The van der Waals surface area contributed by atoms with Crippen LogP contribution >= 0.6 is 7.60 Å². The summed E-state index contributed by atoms with van der Waals surface area (Å²) >= 11 is 0. The summed E-state index contributed by atoms with van der Waals surface area (Å²) in [4.78, 5) is 47.1. The molecule has 0 aromatic carbocycles. The minimum absolute atomic E-state index is 0.0815. The van der Waals surface area contributed by atoms with Crippen LogP contribution in [0.3, 0.4) is 0 Å². The number of Topliss-reactive ketones (excluding diaryl/α,β-unsaturated/α-hetero) is 1. The number of aliphatic carboxylic acids is 1. The van der Waals surface area contributed by atoms with Crippen LogP contribution in [0.1, 0.15) is 20.8 Å². The Kier molecular flexibility index (Phi) is 8.18. The van der Waals surface area contributed by atoms with Crippen LogP contribution in [-0.2, 0) is 14.2 Å². The monoisotopic (exact) mass is 379 g/mol. The lowest BCUT2D eigenvalue weighted by Crippen LogP contribution is -2.42. The molecule has 1 rings (SSSR count). The third-order valence-corrected chi connectivity index (χ3v) is 4.91. The Morgan fingerprint density at radius 1 is 0.880 bits per heavy atom. The van der Waals surface area contributed by atoms with E-state index in [9.17, 15) is 23.9 Å². The molecule has 146 valence electrons.